The van der Waals surface area contributed by atoms with Crippen molar-refractivity contribution in [1.82, 2.24) is 0 Å². The zero-order valence-electron chi connectivity index (χ0n) is 30.3. The Balaban J connectivity index is 3.73. The van der Waals surface area contributed by atoms with E-state index in [1.165, 1.54) is 135 Å². The molecule has 0 amide bonds. The third-order valence-corrected chi connectivity index (χ3v) is 8.92. The second-order valence-corrected chi connectivity index (χ2v) is 13.6. The predicted molar refractivity (Wildman–Crippen MR) is 193 cm³/mol. The lowest BCUT2D eigenvalue weighted by Gasteiger charge is -2.16. The summed E-state index contributed by atoms with van der Waals surface area (Å²) in [7, 11) is -0.482. The molecule has 0 aromatic carbocycles. The highest BCUT2D eigenvalue weighted by molar-refractivity contribution is 7.17. The molecule has 1 atom stereocenters. The summed E-state index contributed by atoms with van der Waals surface area (Å²) < 4.78 is 26.5. The number of rotatable bonds is 37. The molecule has 0 heterocycles. The SMILES string of the molecule is CCCCCCCC/C=C\CCCCCCCC(=O)OCC(COP=O)OC(=O)CCCCCCCCCCCCCCCCC. The van der Waals surface area contributed by atoms with E-state index in [0.717, 1.165) is 44.9 Å². The van der Waals surface area contributed by atoms with Crippen LogP contribution in [0.25, 0.3) is 0 Å². The number of carbonyl (C=O) groups excluding carboxylic acids is 2. The summed E-state index contributed by atoms with van der Waals surface area (Å²) in [5.41, 5.74) is 0. The second-order valence-electron chi connectivity index (χ2n) is 13.2. The van der Waals surface area contributed by atoms with Crippen LogP contribution < -0.4 is 0 Å². The van der Waals surface area contributed by atoms with E-state index in [1.807, 2.05) is 0 Å². The Morgan fingerprint density at radius 1 is 0.500 bits per heavy atom. The lowest BCUT2D eigenvalue weighted by Crippen LogP contribution is -2.28. The first-order valence-electron chi connectivity index (χ1n) is 19.6. The fraction of sp³-hybridized carbons (Fsp3) is 0.897. The first kappa shape index (κ1) is 44.7. The number of hydrogen-bond acceptors (Lipinski definition) is 6. The van der Waals surface area contributed by atoms with E-state index in [2.05, 4.69) is 26.0 Å². The molecule has 0 rings (SSSR count). The van der Waals surface area contributed by atoms with Crippen molar-refractivity contribution >= 4 is 20.6 Å². The summed E-state index contributed by atoms with van der Waals surface area (Å²) in [6.07, 6.45) is 39.5. The van der Waals surface area contributed by atoms with Crippen molar-refractivity contribution in [2.45, 2.75) is 213 Å². The van der Waals surface area contributed by atoms with Crippen LogP contribution in [-0.4, -0.2) is 31.3 Å². The third-order valence-electron chi connectivity index (χ3n) is 8.67. The standard InChI is InChI=1S/C39H73O6P/c1-3-5-7-9-11-13-15-17-19-21-23-25-27-29-31-33-38(40)43-35-37(36-44-46-42)45-39(41)34-32-30-28-26-24-22-20-18-16-14-12-10-8-6-4-2/h17,19,37H,3-16,18,20-36H2,1-2H3/b19-17-. The van der Waals surface area contributed by atoms with Crippen LogP contribution in [0.5, 0.6) is 0 Å². The first-order chi connectivity index (χ1) is 22.6. The average Bonchev–Trinajstić information content (AvgIpc) is 3.05. The van der Waals surface area contributed by atoms with E-state index in [-0.39, 0.29) is 25.2 Å². The Morgan fingerprint density at radius 3 is 1.28 bits per heavy atom. The quantitative estimate of drug-likeness (QED) is 0.0284. The molecule has 0 aliphatic heterocycles. The van der Waals surface area contributed by atoms with E-state index >= 15 is 0 Å². The fourth-order valence-electron chi connectivity index (χ4n) is 5.71. The number of ether oxygens (including phenoxy) is 2. The van der Waals surface area contributed by atoms with E-state index in [4.69, 9.17) is 14.0 Å². The molecular formula is C39H73O6P. The number of unbranched alkanes of at least 4 members (excludes halogenated alkanes) is 25. The average molecular weight is 669 g/mol. The van der Waals surface area contributed by atoms with Crippen molar-refractivity contribution < 1.29 is 28.2 Å². The Labute approximate surface area is 286 Å². The summed E-state index contributed by atoms with van der Waals surface area (Å²) in [4.78, 5) is 24.5. The van der Waals surface area contributed by atoms with Crippen molar-refractivity contribution in [1.29, 1.82) is 0 Å². The molecule has 270 valence electrons. The van der Waals surface area contributed by atoms with Gasteiger partial charge in [-0.1, -0.05) is 167 Å². The van der Waals surface area contributed by atoms with Gasteiger partial charge in [-0.15, -0.1) is 0 Å². The maximum absolute atomic E-state index is 12.3. The van der Waals surface area contributed by atoms with Crippen LogP contribution >= 0.6 is 8.69 Å². The van der Waals surface area contributed by atoms with Crippen LogP contribution in [0.15, 0.2) is 12.2 Å². The van der Waals surface area contributed by atoms with Crippen LogP contribution in [0, 0.1) is 0 Å². The van der Waals surface area contributed by atoms with Gasteiger partial charge < -0.3 is 9.47 Å². The van der Waals surface area contributed by atoms with Crippen molar-refractivity contribution in [3.63, 3.8) is 0 Å². The Bertz CT molecular complexity index is 698. The zero-order valence-corrected chi connectivity index (χ0v) is 31.2. The Hall–Kier alpha value is -1.26. The van der Waals surface area contributed by atoms with E-state index < -0.39 is 14.8 Å². The molecule has 0 bridgehead atoms. The van der Waals surface area contributed by atoms with Crippen molar-refractivity contribution in [2.24, 2.45) is 0 Å². The third kappa shape index (κ3) is 35.6. The van der Waals surface area contributed by atoms with E-state index in [0.29, 0.717) is 12.8 Å². The summed E-state index contributed by atoms with van der Waals surface area (Å²) >= 11 is 0. The minimum absolute atomic E-state index is 0.0592. The van der Waals surface area contributed by atoms with Gasteiger partial charge >= 0.3 is 20.6 Å². The van der Waals surface area contributed by atoms with Gasteiger partial charge in [0.15, 0.2) is 6.10 Å². The predicted octanol–water partition coefficient (Wildman–Crippen LogP) is 13.0. The topological polar surface area (TPSA) is 78.9 Å². The summed E-state index contributed by atoms with van der Waals surface area (Å²) in [6.45, 7) is 4.40. The fourth-order valence-corrected chi connectivity index (χ4v) is 5.94. The maximum Gasteiger partial charge on any atom is 0.327 e. The molecule has 0 aromatic heterocycles. The molecule has 0 N–H and O–H groups in total. The highest BCUT2D eigenvalue weighted by Gasteiger charge is 2.17. The molecule has 6 nitrogen and oxygen atoms in total. The second kappa shape index (κ2) is 38.2. The van der Waals surface area contributed by atoms with Gasteiger partial charge in [-0.05, 0) is 38.5 Å². The first-order valence-corrected chi connectivity index (χ1v) is 20.3. The molecule has 0 radical (unpaired) electrons. The van der Waals surface area contributed by atoms with Gasteiger partial charge in [0, 0.05) is 12.8 Å². The molecule has 0 aliphatic rings. The molecule has 0 fully saturated rings. The molecule has 7 heteroatoms. The minimum Gasteiger partial charge on any atom is -0.462 e. The molecule has 0 saturated heterocycles. The zero-order chi connectivity index (χ0) is 33.6. The molecule has 0 aromatic rings. The number of hydrogen-bond donors (Lipinski definition) is 0. The van der Waals surface area contributed by atoms with Gasteiger partial charge in [0.2, 0.25) is 0 Å². The van der Waals surface area contributed by atoms with Crippen LogP contribution in [0.1, 0.15) is 206 Å². The lowest BCUT2D eigenvalue weighted by atomic mass is 10.0. The van der Waals surface area contributed by atoms with Crippen molar-refractivity contribution in [3.8, 4) is 0 Å². The maximum atomic E-state index is 12.3. The number of carbonyl (C=O) groups is 2. The summed E-state index contributed by atoms with van der Waals surface area (Å²) in [5, 5.41) is 0. The summed E-state index contributed by atoms with van der Waals surface area (Å²) in [6, 6.07) is 0. The van der Waals surface area contributed by atoms with Gasteiger partial charge in [0.05, 0.1) is 0 Å². The van der Waals surface area contributed by atoms with Crippen LogP contribution in [0.2, 0.25) is 0 Å². The van der Waals surface area contributed by atoms with Gasteiger partial charge in [-0.2, -0.15) is 0 Å². The molecule has 0 aliphatic carbocycles. The molecular weight excluding hydrogens is 595 g/mol. The van der Waals surface area contributed by atoms with Crippen molar-refractivity contribution in [3.05, 3.63) is 12.2 Å². The van der Waals surface area contributed by atoms with Gasteiger partial charge in [-0.25, -0.2) is 4.57 Å². The van der Waals surface area contributed by atoms with Crippen LogP contribution in [-0.2, 0) is 28.2 Å². The van der Waals surface area contributed by atoms with Crippen molar-refractivity contribution in [2.75, 3.05) is 13.2 Å². The van der Waals surface area contributed by atoms with Crippen LogP contribution in [0.4, 0.5) is 0 Å². The Kier molecular flexibility index (Phi) is 37.1. The molecule has 0 saturated carbocycles. The molecule has 1 unspecified atom stereocenters. The monoisotopic (exact) mass is 669 g/mol. The number of allylic oxidation sites excluding steroid dienone is 2. The van der Waals surface area contributed by atoms with Crippen LogP contribution in [0.3, 0.4) is 0 Å². The van der Waals surface area contributed by atoms with Gasteiger partial charge in [0.1, 0.15) is 13.2 Å². The highest BCUT2D eigenvalue weighted by Crippen LogP contribution is 2.15. The van der Waals surface area contributed by atoms with Gasteiger partial charge in [0.25, 0.3) is 0 Å². The van der Waals surface area contributed by atoms with Gasteiger partial charge in [-0.3, -0.25) is 14.1 Å². The molecule has 0 spiro atoms. The number of esters is 2. The normalized spacial score (nSPS) is 12.2. The smallest absolute Gasteiger partial charge is 0.327 e. The lowest BCUT2D eigenvalue weighted by molar-refractivity contribution is -0.160. The molecule has 46 heavy (non-hydrogen) atoms. The van der Waals surface area contributed by atoms with E-state index in [9.17, 15) is 14.2 Å². The summed E-state index contributed by atoms with van der Waals surface area (Å²) in [5.74, 6) is -0.611. The Morgan fingerprint density at radius 2 is 0.870 bits per heavy atom. The largest absolute Gasteiger partial charge is 0.462 e. The minimum atomic E-state index is -0.733. The highest BCUT2D eigenvalue weighted by atomic mass is 31.1. The van der Waals surface area contributed by atoms with E-state index in [1.54, 1.807) is 0 Å².